The Morgan fingerprint density at radius 1 is 1.09 bits per heavy atom. The van der Waals surface area contributed by atoms with Crippen LogP contribution in [-0.4, -0.2) is 28.2 Å². The van der Waals surface area contributed by atoms with E-state index in [-0.39, 0.29) is 11.7 Å². The van der Waals surface area contributed by atoms with E-state index in [1.54, 1.807) is 28.9 Å². The number of para-hydroxylation sites is 1. The molecule has 168 valence electrons. The van der Waals surface area contributed by atoms with Gasteiger partial charge in [0.1, 0.15) is 5.76 Å². The largest absolute Gasteiger partial charge is 0.476 e. The van der Waals surface area contributed by atoms with Gasteiger partial charge in [-0.15, -0.1) is 5.10 Å². The van der Waals surface area contributed by atoms with Gasteiger partial charge in [0, 0.05) is 29.4 Å². The van der Waals surface area contributed by atoms with E-state index in [2.05, 4.69) is 10.4 Å². The molecule has 0 aliphatic carbocycles. The van der Waals surface area contributed by atoms with Crippen molar-refractivity contribution in [2.45, 2.75) is 19.8 Å². The number of primary amides is 1. The Bertz CT molecular complexity index is 1260. The van der Waals surface area contributed by atoms with E-state index in [1.165, 1.54) is 6.07 Å². The average molecular weight is 444 g/mol. The Kier molecular flexibility index (Phi) is 6.54. The first-order valence-electron chi connectivity index (χ1n) is 10.5. The second-order valence-electron chi connectivity index (χ2n) is 7.51. The van der Waals surface area contributed by atoms with Crippen LogP contribution in [-0.2, 0) is 4.79 Å². The van der Waals surface area contributed by atoms with Gasteiger partial charge in [-0.25, -0.2) is 4.68 Å². The summed E-state index contributed by atoms with van der Waals surface area (Å²) in [4.78, 5) is 23.6. The molecule has 0 aliphatic heterocycles. The van der Waals surface area contributed by atoms with Gasteiger partial charge < -0.3 is 20.2 Å². The van der Waals surface area contributed by atoms with Crippen molar-refractivity contribution in [2.75, 3.05) is 11.9 Å². The summed E-state index contributed by atoms with van der Waals surface area (Å²) in [5.74, 6) is 0.386. The van der Waals surface area contributed by atoms with E-state index >= 15 is 0 Å². The first-order chi connectivity index (χ1) is 16.0. The average Bonchev–Trinajstić information content (AvgIpc) is 3.45. The summed E-state index contributed by atoms with van der Waals surface area (Å²) in [6.45, 7) is 2.31. The number of benzene rings is 2. The van der Waals surface area contributed by atoms with Crippen molar-refractivity contribution in [3.63, 3.8) is 0 Å². The number of hydrogen-bond donors (Lipinski definition) is 2. The number of nitrogens with one attached hydrogen (secondary N) is 1. The molecule has 3 N–H and O–H groups in total. The van der Waals surface area contributed by atoms with Crippen molar-refractivity contribution in [1.82, 2.24) is 9.78 Å². The summed E-state index contributed by atoms with van der Waals surface area (Å²) in [5.41, 5.74) is 8.47. The van der Waals surface area contributed by atoms with Crippen molar-refractivity contribution < 1.29 is 18.7 Å². The molecule has 0 fully saturated rings. The van der Waals surface area contributed by atoms with E-state index in [1.807, 2.05) is 49.5 Å². The maximum absolute atomic E-state index is 12.4. The number of amides is 2. The van der Waals surface area contributed by atoms with Crippen LogP contribution in [0.5, 0.6) is 5.88 Å². The van der Waals surface area contributed by atoms with E-state index < -0.39 is 5.91 Å². The van der Waals surface area contributed by atoms with Crippen molar-refractivity contribution in [3.05, 3.63) is 84.3 Å². The molecule has 0 unspecified atom stereocenters. The summed E-state index contributed by atoms with van der Waals surface area (Å²) >= 11 is 0. The predicted molar refractivity (Wildman–Crippen MR) is 124 cm³/mol. The minimum atomic E-state index is -0.630. The van der Waals surface area contributed by atoms with Crippen LogP contribution in [0.2, 0.25) is 0 Å². The number of furan rings is 1. The van der Waals surface area contributed by atoms with E-state index in [9.17, 15) is 9.59 Å². The molecule has 0 aliphatic rings. The Balaban J connectivity index is 1.27. The van der Waals surface area contributed by atoms with E-state index in [0.29, 0.717) is 36.8 Å². The Hall–Kier alpha value is -4.33. The SMILES string of the molecule is Cc1cn(-c2ccccc2)nc1OCCCC(=O)Nc1cccc(-c2ccc(C(N)=O)o2)c1. The molecule has 0 spiro atoms. The summed E-state index contributed by atoms with van der Waals surface area (Å²) in [7, 11) is 0. The van der Waals surface area contributed by atoms with Gasteiger partial charge in [0.15, 0.2) is 5.76 Å². The molecule has 0 saturated carbocycles. The second-order valence-corrected chi connectivity index (χ2v) is 7.51. The predicted octanol–water partition coefficient (Wildman–Crippen LogP) is 4.34. The number of carbonyl (C=O) groups excluding carboxylic acids is 2. The molecule has 2 amide bonds. The highest BCUT2D eigenvalue weighted by molar-refractivity contribution is 5.92. The Labute approximate surface area is 191 Å². The zero-order valence-electron chi connectivity index (χ0n) is 18.2. The third-order valence-electron chi connectivity index (χ3n) is 4.94. The monoisotopic (exact) mass is 444 g/mol. The molecule has 4 rings (SSSR count). The highest BCUT2D eigenvalue weighted by atomic mass is 16.5. The Morgan fingerprint density at radius 3 is 2.67 bits per heavy atom. The standard InChI is InChI=1S/C25H24N4O4/c1-17-16-29(20-9-3-2-4-10-20)28-25(17)32-14-6-11-23(30)27-19-8-5-7-18(15-19)21-12-13-22(33-21)24(26)31/h2-5,7-10,12-13,15-16H,6,11,14H2,1H3,(H2,26,31)(H,27,30). The van der Waals surface area contributed by atoms with Crippen LogP contribution < -0.4 is 15.8 Å². The molecule has 8 heteroatoms. The molecule has 0 saturated heterocycles. The normalized spacial score (nSPS) is 10.7. The molecular formula is C25H24N4O4. The number of aryl methyl sites for hydroxylation is 1. The molecule has 4 aromatic rings. The van der Waals surface area contributed by atoms with Gasteiger partial charge in [-0.05, 0) is 49.7 Å². The first kappa shape index (κ1) is 21.9. The van der Waals surface area contributed by atoms with Crippen LogP contribution >= 0.6 is 0 Å². The molecule has 0 atom stereocenters. The lowest BCUT2D eigenvalue weighted by molar-refractivity contribution is -0.116. The van der Waals surface area contributed by atoms with Crippen molar-refractivity contribution in [1.29, 1.82) is 0 Å². The number of ether oxygens (including phenoxy) is 1. The molecular weight excluding hydrogens is 420 g/mol. The molecule has 8 nitrogen and oxygen atoms in total. The van der Waals surface area contributed by atoms with Gasteiger partial charge >= 0.3 is 0 Å². The molecule has 0 bridgehead atoms. The van der Waals surface area contributed by atoms with Crippen LogP contribution in [0.15, 0.2) is 77.3 Å². The maximum atomic E-state index is 12.4. The Morgan fingerprint density at radius 2 is 1.91 bits per heavy atom. The van der Waals surface area contributed by atoms with Crippen molar-refractivity contribution >= 4 is 17.5 Å². The molecule has 2 aromatic carbocycles. The lowest BCUT2D eigenvalue weighted by atomic mass is 10.1. The highest BCUT2D eigenvalue weighted by Gasteiger charge is 2.11. The topological polar surface area (TPSA) is 112 Å². The number of hydrogen-bond acceptors (Lipinski definition) is 5. The zero-order chi connectivity index (χ0) is 23.2. The molecule has 2 heterocycles. The number of aromatic nitrogens is 2. The van der Waals surface area contributed by atoms with Gasteiger partial charge in [-0.3, -0.25) is 9.59 Å². The van der Waals surface area contributed by atoms with Crippen LogP contribution in [0.4, 0.5) is 5.69 Å². The number of anilines is 1. The van der Waals surface area contributed by atoms with Gasteiger partial charge in [0.25, 0.3) is 5.91 Å². The fourth-order valence-electron chi connectivity index (χ4n) is 3.30. The second kappa shape index (κ2) is 9.86. The smallest absolute Gasteiger partial charge is 0.284 e. The van der Waals surface area contributed by atoms with E-state index in [0.717, 1.165) is 16.8 Å². The quantitative estimate of drug-likeness (QED) is 0.373. The van der Waals surface area contributed by atoms with Gasteiger partial charge in [-0.1, -0.05) is 30.3 Å². The molecule has 2 aromatic heterocycles. The zero-order valence-corrected chi connectivity index (χ0v) is 18.2. The summed E-state index contributed by atoms with van der Waals surface area (Å²) in [5, 5.41) is 7.34. The van der Waals surface area contributed by atoms with E-state index in [4.69, 9.17) is 14.9 Å². The first-order valence-corrected chi connectivity index (χ1v) is 10.5. The lowest BCUT2D eigenvalue weighted by Gasteiger charge is -2.07. The number of rotatable bonds is 9. The van der Waals surface area contributed by atoms with Crippen molar-refractivity contribution in [2.24, 2.45) is 5.73 Å². The van der Waals surface area contributed by atoms with Gasteiger partial charge in [0.05, 0.1) is 12.3 Å². The number of carbonyl (C=O) groups is 2. The third-order valence-corrected chi connectivity index (χ3v) is 4.94. The summed E-state index contributed by atoms with van der Waals surface area (Å²) < 4.78 is 13.0. The fourth-order valence-corrected chi connectivity index (χ4v) is 3.30. The van der Waals surface area contributed by atoms with Crippen LogP contribution in [0.25, 0.3) is 17.0 Å². The maximum Gasteiger partial charge on any atom is 0.284 e. The van der Waals surface area contributed by atoms with Crippen LogP contribution in [0.3, 0.4) is 0 Å². The van der Waals surface area contributed by atoms with Crippen molar-refractivity contribution in [3.8, 4) is 22.9 Å². The number of nitrogens with two attached hydrogens (primary N) is 1. The van der Waals surface area contributed by atoms with Crippen LogP contribution in [0.1, 0.15) is 29.0 Å². The number of nitrogens with zero attached hydrogens (tertiary/aromatic N) is 2. The summed E-state index contributed by atoms with van der Waals surface area (Å²) in [6, 6.07) is 20.2. The molecule has 0 radical (unpaired) electrons. The third kappa shape index (κ3) is 5.48. The fraction of sp³-hybridized carbons (Fsp3) is 0.160. The highest BCUT2D eigenvalue weighted by Crippen LogP contribution is 2.25. The van der Waals surface area contributed by atoms with Gasteiger partial charge in [-0.2, -0.15) is 0 Å². The minimum Gasteiger partial charge on any atom is -0.476 e. The van der Waals surface area contributed by atoms with Crippen LogP contribution in [0, 0.1) is 6.92 Å². The minimum absolute atomic E-state index is 0.0864. The molecule has 33 heavy (non-hydrogen) atoms. The van der Waals surface area contributed by atoms with Gasteiger partial charge in [0.2, 0.25) is 11.8 Å². The lowest BCUT2D eigenvalue weighted by Crippen LogP contribution is -2.13. The summed E-state index contributed by atoms with van der Waals surface area (Å²) in [6.07, 6.45) is 2.76.